The molecule has 0 rings (SSSR count). The van der Waals surface area contributed by atoms with Crippen LogP contribution in [0.25, 0.3) is 0 Å². The van der Waals surface area contributed by atoms with Gasteiger partial charge in [-0.25, -0.2) is 86.3 Å². The van der Waals surface area contributed by atoms with Crippen LogP contribution in [0.3, 0.4) is 0 Å². The lowest BCUT2D eigenvalue weighted by Gasteiger charge is -2.37. The second-order valence-electron chi connectivity index (χ2n) is 28.1. The maximum Gasteiger partial charge on any atom is 0.347 e. The zero-order valence-corrected chi connectivity index (χ0v) is 73.0. The van der Waals surface area contributed by atoms with Crippen molar-refractivity contribution in [3.05, 3.63) is 0 Å². The molecule has 0 saturated carbocycles. The molecule has 18 atom stereocenters. The van der Waals surface area contributed by atoms with Crippen molar-refractivity contribution in [3.8, 4) is 0 Å². The van der Waals surface area contributed by atoms with Crippen molar-refractivity contribution in [2.75, 3.05) is 19.8 Å². The summed E-state index contributed by atoms with van der Waals surface area (Å²) in [6.07, 6.45) is -23.4. The summed E-state index contributed by atoms with van der Waals surface area (Å²) in [6.45, 7) is 48.0. The van der Waals surface area contributed by atoms with Crippen molar-refractivity contribution in [1.82, 2.24) is 0 Å². The molecule has 0 unspecified atom stereocenters. The molecule has 656 valence electrons. The average molecular weight is 1680 g/mol. The van der Waals surface area contributed by atoms with E-state index in [1.165, 1.54) is 96.9 Å². The van der Waals surface area contributed by atoms with Crippen LogP contribution in [0.1, 0.15) is 187 Å². The molecule has 40 nitrogen and oxygen atoms in total. The molecule has 0 aromatic heterocycles. The van der Waals surface area contributed by atoms with E-state index in [2.05, 4.69) is 23.7 Å². The normalized spacial score (nSPS) is 16.0. The Labute approximate surface area is 665 Å². The Hall–Kier alpha value is -9.27. The number of hydrogen-bond donors (Lipinski definition) is 3. The first-order valence-corrected chi connectivity index (χ1v) is 42.0. The number of carboxylic acids is 1. The second-order valence-corrected chi connectivity index (χ2v) is 37.6. The van der Waals surface area contributed by atoms with Gasteiger partial charge in [0.1, 0.15) is 24.4 Å². The van der Waals surface area contributed by atoms with Crippen molar-refractivity contribution in [2.24, 2.45) is 0 Å². The molecule has 0 spiro atoms. The van der Waals surface area contributed by atoms with Crippen LogP contribution in [-0.4, -0.2) is 269 Å². The van der Waals surface area contributed by atoms with Crippen LogP contribution in [0, 0.1) is 0 Å². The number of carbonyl (C=O) groups is 18. The van der Waals surface area contributed by atoms with Gasteiger partial charge < -0.3 is 105 Å². The number of esters is 17. The fourth-order valence-corrected chi connectivity index (χ4v) is 9.24. The zero-order valence-electron chi connectivity index (χ0n) is 71.0. The van der Waals surface area contributed by atoms with Gasteiger partial charge in [0.2, 0.25) is 0 Å². The van der Waals surface area contributed by atoms with Gasteiger partial charge in [0.25, 0.3) is 0 Å². The maximum atomic E-state index is 12.4. The van der Waals surface area contributed by atoms with E-state index < -0.39 is 234 Å². The molecule has 0 aliphatic rings. The number of carboxylic acid groups (broad SMARTS) is 1. The summed E-state index contributed by atoms with van der Waals surface area (Å²) >= 11 is 0. The van der Waals surface area contributed by atoms with Crippen LogP contribution in [0.15, 0.2) is 0 Å². The third-order valence-electron chi connectivity index (χ3n) is 15.5. The van der Waals surface area contributed by atoms with E-state index in [1.807, 2.05) is 67.7 Å². The summed E-state index contributed by atoms with van der Waals surface area (Å²) in [5.41, 5.74) is 0. The second kappa shape index (κ2) is 52.3. The highest BCUT2D eigenvalue weighted by Crippen LogP contribution is 2.38. The van der Waals surface area contributed by atoms with Gasteiger partial charge in [0, 0.05) is 0 Å². The number of ether oxygens (including phenoxy) is 17. The van der Waals surface area contributed by atoms with Crippen LogP contribution in [0.4, 0.5) is 0 Å². The van der Waals surface area contributed by atoms with Crippen molar-refractivity contribution in [1.29, 1.82) is 0 Å². The van der Waals surface area contributed by atoms with Gasteiger partial charge in [0.05, 0.1) is 19.8 Å². The molecule has 3 N–H and O–H groups in total. The molecule has 42 heteroatoms. The van der Waals surface area contributed by atoms with E-state index in [9.17, 15) is 86.3 Å². The third kappa shape index (κ3) is 43.8. The summed E-state index contributed by atoms with van der Waals surface area (Å²) in [5, 5.41) is 26.3. The fourth-order valence-electron chi connectivity index (χ4n) is 6.57. The van der Waals surface area contributed by atoms with Gasteiger partial charge in [-0.3, -0.25) is 0 Å². The Bertz CT molecular complexity index is 3220. The first kappa shape index (κ1) is 111. The van der Waals surface area contributed by atoms with Crippen LogP contribution in [-0.2, 0) is 176 Å². The van der Waals surface area contributed by atoms with Crippen molar-refractivity contribution >= 4 is 124 Å². The number of aliphatic hydroxyl groups excluding tert-OH is 2. The van der Waals surface area contributed by atoms with Crippen LogP contribution in [0.5, 0.6) is 0 Å². The number of carbonyl (C=O) groups excluding carboxylic acids is 17. The molecular formula is C72H120O40Si2. The molecule has 0 fully saturated rings. The quantitative estimate of drug-likeness (QED) is 0.0437. The molecule has 0 amide bonds. The topological polar surface area (TPSA) is 543 Å². The zero-order chi connectivity index (χ0) is 90.3. The summed E-state index contributed by atoms with van der Waals surface area (Å²) in [5.74, 6) is -17.4. The van der Waals surface area contributed by atoms with Gasteiger partial charge in [-0.1, -0.05) is 41.5 Å². The summed E-state index contributed by atoms with van der Waals surface area (Å²) < 4.78 is 93.8. The minimum atomic E-state index is -2.27. The Kier molecular flexibility index (Phi) is 50.9. The number of aliphatic carboxylic acids is 1. The SMILES string of the molecule is CCOC(=O)[C@H](C)OC(=O)[C@H](C)O.CCOC(=O)[C@H](C)OC(=O)[C@H](C)OC(=O)[C@H](C)OC(=O)[C@H](C)OC(=O)[C@H](C)OC(=O)[C@H](C)O.CCOC(=O)[C@H](C)OC(=O)[C@H](C)OC(=O)[C@H](C)OC(=O)[C@H](C)OC(=O)[C@H](C)OC(=O)[C@H](C)O[Si](C)(C)C(C)(C)C.C[C@H](OC(=O)[C@H](C)OC(=O)[C@H](C)OC(=O)[C@H](C)O[Si](C)(C)C(C)(C)C)C(=O)O. The van der Waals surface area contributed by atoms with Gasteiger partial charge in [-0.05, 0) is 182 Å². The van der Waals surface area contributed by atoms with E-state index >= 15 is 0 Å². The van der Waals surface area contributed by atoms with Crippen molar-refractivity contribution < 1.29 is 191 Å². The van der Waals surface area contributed by atoms with E-state index in [1.54, 1.807) is 27.7 Å². The van der Waals surface area contributed by atoms with Crippen LogP contribution < -0.4 is 0 Å². The van der Waals surface area contributed by atoms with E-state index in [0.717, 1.165) is 20.8 Å². The fraction of sp³-hybridized carbons (Fsp3) is 0.750. The number of rotatable bonds is 39. The molecule has 0 bridgehead atoms. The van der Waals surface area contributed by atoms with Gasteiger partial charge in [-0.15, -0.1) is 0 Å². The lowest BCUT2D eigenvalue weighted by atomic mass is 10.2. The molecule has 0 radical (unpaired) electrons. The first-order valence-electron chi connectivity index (χ1n) is 36.1. The molecule has 114 heavy (non-hydrogen) atoms. The van der Waals surface area contributed by atoms with E-state index in [4.69, 9.17) is 81.0 Å². The highest BCUT2D eigenvalue weighted by atomic mass is 28.4. The average Bonchev–Trinajstić information content (AvgIpc) is 0.830. The standard InChI is InChI=1S/C26H44O13Si.C20H30O13.C18H32O9Si.C8H14O5/c1-13-33-20(27)14(2)34-21(28)15(3)35-22(29)16(4)36-23(30)17(5)37-24(31)18(6)38-25(32)19(7)39-40(11,12)26(8,9)10;1-8-28-16(23)10(3)30-18(25)12(5)32-20(27)14(7)33-19(26)13(6)31-17(24)11(4)29-15(22)9(2)21;1-10(14(19)20)24-15(21)11(2)25-16(22)12(3)26-17(23)13(4)27-28(8,9)18(5,6)7;1-4-12-8(11)6(3)13-7(10)5(2)9/h14-19H,13H2,1-12H3;9-14,21H,8H2,1-7H3;10-13H,1-9H3,(H,19,20);5-6,9H,4H2,1-3H3/t14-,15-,16-,17-,18-,19-;9-,10-,11-,12-,13-,14-;10-,11-,12-,13-;5-,6-/m0000/s1. The largest absolute Gasteiger partial charge is 0.479 e. The molecule has 0 aliphatic heterocycles. The summed E-state index contributed by atoms with van der Waals surface area (Å²) in [6, 6.07) is 0. The minimum Gasteiger partial charge on any atom is -0.479 e. The van der Waals surface area contributed by atoms with Gasteiger partial charge in [0.15, 0.2) is 102 Å². The number of hydrogen-bond acceptors (Lipinski definition) is 39. The lowest BCUT2D eigenvalue weighted by molar-refractivity contribution is -0.187. The maximum absolute atomic E-state index is 12.4. The minimum absolute atomic E-state index is 0.0911. The Balaban J connectivity index is -0.000000745. The van der Waals surface area contributed by atoms with Gasteiger partial charge >= 0.3 is 107 Å². The molecule has 0 aromatic rings. The van der Waals surface area contributed by atoms with E-state index in [0.29, 0.717) is 0 Å². The number of aliphatic hydroxyl groups is 2. The van der Waals surface area contributed by atoms with E-state index in [-0.39, 0.29) is 29.9 Å². The molecular weight excluding hydrogens is 1560 g/mol. The lowest BCUT2D eigenvalue weighted by Crippen LogP contribution is -2.46. The third-order valence-corrected chi connectivity index (χ3v) is 24.6. The Morgan fingerprint density at radius 1 is 0.228 bits per heavy atom. The summed E-state index contributed by atoms with van der Waals surface area (Å²) in [7, 11) is -4.47. The van der Waals surface area contributed by atoms with Crippen LogP contribution >= 0.6 is 0 Å². The van der Waals surface area contributed by atoms with Crippen LogP contribution in [0.2, 0.25) is 36.3 Å². The smallest absolute Gasteiger partial charge is 0.347 e. The van der Waals surface area contributed by atoms with Crippen molar-refractivity contribution in [2.45, 2.75) is 333 Å². The van der Waals surface area contributed by atoms with Gasteiger partial charge in [-0.2, -0.15) is 0 Å². The molecule has 0 aromatic carbocycles. The highest BCUT2D eigenvalue weighted by molar-refractivity contribution is 6.74. The summed E-state index contributed by atoms with van der Waals surface area (Å²) in [4.78, 5) is 212. The Morgan fingerprint density at radius 2 is 0.351 bits per heavy atom. The predicted molar refractivity (Wildman–Crippen MR) is 394 cm³/mol. The predicted octanol–water partition coefficient (Wildman–Crippen LogP) is 4.35. The van der Waals surface area contributed by atoms with Crippen molar-refractivity contribution in [3.63, 3.8) is 0 Å². The highest BCUT2D eigenvalue weighted by Gasteiger charge is 2.43. The Morgan fingerprint density at radius 3 is 0.474 bits per heavy atom. The first-order chi connectivity index (χ1) is 51.8. The molecule has 0 aliphatic carbocycles. The molecule has 0 saturated heterocycles. The monoisotopic (exact) mass is 1680 g/mol. The molecule has 0 heterocycles.